The highest BCUT2D eigenvalue weighted by Gasteiger charge is 2.35. The third-order valence-corrected chi connectivity index (χ3v) is 6.46. The maximum Gasteiger partial charge on any atom is 0.698 e. The Balaban J connectivity index is 2.64. The van der Waals surface area contributed by atoms with Crippen molar-refractivity contribution in [3.8, 4) is 0 Å². The van der Waals surface area contributed by atoms with Gasteiger partial charge in [-0.3, -0.25) is 4.79 Å². The van der Waals surface area contributed by atoms with E-state index < -0.39 is 62.0 Å². The molecule has 0 radical (unpaired) electrons. The number of alkyl carbamates (subject to hydrolysis) is 1. The first-order valence-corrected chi connectivity index (χ1v) is 14.5. The van der Waals surface area contributed by atoms with Crippen molar-refractivity contribution < 1.29 is 42.3 Å². The van der Waals surface area contributed by atoms with E-state index in [0.717, 1.165) is 32.1 Å². The summed E-state index contributed by atoms with van der Waals surface area (Å²) in [6.45, 7) is 11.0. The van der Waals surface area contributed by atoms with E-state index in [2.05, 4.69) is 16.0 Å². The van der Waals surface area contributed by atoms with Crippen LogP contribution in [-0.4, -0.2) is 66.9 Å². The normalized spacial score (nSPS) is 18.2. The molecule has 12 nitrogen and oxygen atoms in total. The molecule has 0 aromatic heterocycles. The van der Waals surface area contributed by atoms with Crippen LogP contribution in [-0.2, 0) is 37.5 Å². The topological polar surface area (TPSA) is 158 Å². The van der Waals surface area contributed by atoms with E-state index in [9.17, 15) is 23.7 Å². The molecule has 1 aliphatic heterocycles. The van der Waals surface area contributed by atoms with Gasteiger partial charge in [0.05, 0.1) is 6.04 Å². The zero-order valence-corrected chi connectivity index (χ0v) is 24.4. The van der Waals surface area contributed by atoms with Gasteiger partial charge in [-0.05, 0) is 59.9 Å². The van der Waals surface area contributed by atoms with Gasteiger partial charge in [0, 0.05) is 4.57 Å². The highest BCUT2D eigenvalue weighted by Crippen LogP contribution is 2.27. The Bertz CT molecular complexity index is 797. The van der Waals surface area contributed by atoms with Crippen LogP contribution in [0.3, 0.4) is 0 Å². The van der Waals surface area contributed by atoms with Crippen LogP contribution in [0.4, 0.5) is 4.79 Å². The van der Waals surface area contributed by atoms with E-state index >= 15 is 0 Å². The van der Waals surface area contributed by atoms with Gasteiger partial charge in [-0.15, -0.1) is 9.05 Å². The Labute approximate surface area is 226 Å². The number of carbonyl (C=O) groups is 4. The number of unbranched alkanes of at least 4 members (excludes halogenated alkanes) is 2. The van der Waals surface area contributed by atoms with Crippen LogP contribution in [0, 0.1) is 0 Å². The fourth-order valence-electron chi connectivity index (χ4n) is 3.57. The number of ether oxygens (including phenoxy) is 2. The molecule has 0 aromatic rings. The van der Waals surface area contributed by atoms with Crippen LogP contribution >= 0.6 is 8.25 Å². The van der Waals surface area contributed by atoms with Gasteiger partial charge in [-0.2, -0.15) is 0 Å². The first-order valence-electron chi connectivity index (χ1n) is 13.4. The van der Waals surface area contributed by atoms with Gasteiger partial charge >= 0.3 is 26.3 Å². The van der Waals surface area contributed by atoms with Crippen LogP contribution in [0.25, 0.3) is 0 Å². The van der Waals surface area contributed by atoms with E-state index in [1.165, 1.54) is 6.92 Å². The molecule has 1 aliphatic rings. The van der Waals surface area contributed by atoms with Crippen LogP contribution in [0.2, 0.25) is 0 Å². The van der Waals surface area contributed by atoms with Crippen LogP contribution < -0.4 is 16.0 Å². The minimum Gasteiger partial charge on any atom is -0.444 e. The number of hydrogen-bond acceptors (Lipinski definition) is 10. The highest BCUT2D eigenvalue weighted by atomic mass is 31.1. The van der Waals surface area contributed by atoms with Crippen molar-refractivity contribution in [2.45, 2.75) is 123 Å². The summed E-state index contributed by atoms with van der Waals surface area (Å²) in [5, 5.41) is 8.42. The van der Waals surface area contributed by atoms with E-state index in [1.807, 2.05) is 13.8 Å². The largest absolute Gasteiger partial charge is 0.698 e. The quantitative estimate of drug-likeness (QED) is 0.144. The molecule has 0 saturated carbocycles. The molecule has 1 fully saturated rings. The molecule has 38 heavy (non-hydrogen) atoms. The Morgan fingerprint density at radius 1 is 1.05 bits per heavy atom. The van der Waals surface area contributed by atoms with Gasteiger partial charge in [0.15, 0.2) is 0 Å². The number of carbonyl (C=O) groups excluding carboxylic acids is 4. The molecule has 5 atom stereocenters. The number of rotatable bonds is 16. The van der Waals surface area contributed by atoms with E-state index in [0.29, 0.717) is 25.8 Å². The molecule has 0 aliphatic carbocycles. The Morgan fingerprint density at radius 3 is 2.29 bits per heavy atom. The predicted molar refractivity (Wildman–Crippen MR) is 140 cm³/mol. The summed E-state index contributed by atoms with van der Waals surface area (Å²) in [5.41, 5.74) is -0.705. The van der Waals surface area contributed by atoms with Crippen molar-refractivity contribution >= 4 is 32.2 Å². The SMILES string of the molecule is CCCCC(CO[P+](=O)OC(C)C(=O)OC(=O)[C@@H]1CCCN1)NC(=O)C(CCCC)NC(=O)OC(C)(C)C. The molecule has 0 spiro atoms. The van der Waals surface area contributed by atoms with E-state index in [-0.39, 0.29) is 6.61 Å². The van der Waals surface area contributed by atoms with Crippen molar-refractivity contribution in [3.63, 3.8) is 0 Å². The zero-order chi connectivity index (χ0) is 28.7. The third kappa shape index (κ3) is 14.1. The summed E-state index contributed by atoms with van der Waals surface area (Å²) in [7, 11) is -2.73. The lowest BCUT2D eigenvalue weighted by atomic mass is 10.1. The minimum absolute atomic E-state index is 0.138. The second-order valence-corrected chi connectivity index (χ2v) is 11.3. The number of nitrogens with one attached hydrogen (secondary N) is 3. The highest BCUT2D eigenvalue weighted by molar-refractivity contribution is 7.33. The van der Waals surface area contributed by atoms with Crippen molar-refractivity contribution in [1.29, 1.82) is 0 Å². The summed E-state index contributed by atoms with van der Waals surface area (Å²) < 4.78 is 32.8. The average Bonchev–Trinajstić information content (AvgIpc) is 3.37. The number of hydrogen-bond donors (Lipinski definition) is 3. The molecule has 1 heterocycles. The van der Waals surface area contributed by atoms with E-state index in [4.69, 9.17) is 18.5 Å². The molecule has 218 valence electrons. The molecule has 3 N–H and O–H groups in total. The Morgan fingerprint density at radius 2 is 1.71 bits per heavy atom. The lowest BCUT2D eigenvalue weighted by Crippen LogP contribution is -2.51. The third-order valence-electron chi connectivity index (χ3n) is 5.61. The van der Waals surface area contributed by atoms with Gasteiger partial charge in [0.25, 0.3) is 0 Å². The van der Waals surface area contributed by atoms with Crippen molar-refractivity contribution in [2.24, 2.45) is 0 Å². The van der Waals surface area contributed by atoms with Crippen LogP contribution in [0.5, 0.6) is 0 Å². The molecule has 1 rings (SSSR count). The standard InChI is InChI=1S/C25H44N3O9P/c1-7-9-12-18(27-21(29)19(13-10-8-2)28-24(32)36-25(4,5)6)16-34-38(33)37-17(3)22(30)35-23(31)20-14-11-15-26-20/h17-20,26H,7-16H2,1-6H3,(H-,27,28,29,32)/p+1/t17?,18?,19?,20-/m0/s1. The smallest absolute Gasteiger partial charge is 0.444 e. The molecular formula is C25H45N3O9P+. The molecule has 0 aromatic carbocycles. The number of esters is 2. The van der Waals surface area contributed by atoms with Gasteiger partial charge in [-0.25, -0.2) is 14.4 Å². The molecule has 2 amide bonds. The fourth-order valence-corrected chi connectivity index (χ4v) is 4.28. The van der Waals surface area contributed by atoms with Gasteiger partial charge in [0.2, 0.25) is 12.0 Å². The van der Waals surface area contributed by atoms with Crippen molar-refractivity contribution in [3.05, 3.63) is 0 Å². The van der Waals surface area contributed by atoms with Crippen LogP contribution in [0.15, 0.2) is 0 Å². The summed E-state index contributed by atoms with van der Waals surface area (Å²) >= 11 is 0. The van der Waals surface area contributed by atoms with Crippen molar-refractivity contribution in [2.75, 3.05) is 13.2 Å². The van der Waals surface area contributed by atoms with Gasteiger partial charge in [-0.1, -0.05) is 39.5 Å². The lowest BCUT2D eigenvalue weighted by molar-refractivity contribution is -0.165. The summed E-state index contributed by atoms with van der Waals surface area (Å²) in [4.78, 5) is 49.4. The minimum atomic E-state index is -2.73. The monoisotopic (exact) mass is 562 g/mol. The Hall–Kier alpha value is -2.14. The zero-order valence-electron chi connectivity index (χ0n) is 23.5. The second-order valence-electron chi connectivity index (χ2n) is 10.3. The maximum absolute atomic E-state index is 13.0. The average molecular weight is 563 g/mol. The van der Waals surface area contributed by atoms with Gasteiger partial charge in [0.1, 0.15) is 24.3 Å². The molecule has 1 saturated heterocycles. The summed E-state index contributed by atoms with van der Waals surface area (Å²) in [6, 6.07) is -1.85. The molecule has 4 unspecified atom stereocenters. The predicted octanol–water partition coefficient (Wildman–Crippen LogP) is 3.65. The molecule has 13 heteroatoms. The fraction of sp³-hybridized carbons (Fsp3) is 0.840. The maximum atomic E-state index is 13.0. The summed E-state index contributed by atoms with van der Waals surface area (Å²) in [5.74, 6) is -2.06. The Kier molecular flexibility index (Phi) is 15.6. The summed E-state index contributed by atoms with van der Waals surface area (Å²) in [6.07, 6.45) is 3.57. The molecule has 0 bridgehead atoms. The first kappa shape index (κ1) is 33.9. The molecular weight excluding hydrogens is 517 g/mol. The van der Waals surface area contributed by atoms with Crippen molar-refractivity contribution in [1.82, 2.24) is 16.0 Å². The lowest BCUT2D eigenvalue weighted by Gasteiger charge is -2.25. The van der Waals surface area contributed by atoms with E-state index in [1.54, 1.807) is 20.8 Å². The van der Waals surface area contributed by atoms with Crippen LogP contribution in [0.1, 0.15) is 92.9 Å². The number of amides is 2. The van der Waals surface area contributed by atoms with Gasteiger partial charge < -0.3 is 25.4 Å². The first-order chi connectivity index (χ1) is 17.9. The second kappa shape index (κ2) is 17.4.